The highest BCUT2D eigenvalue weighted by Gasteiger charge is 2.32. The van der Waals surface area contributed by atoms with Crippen molar-refractivity contribution < 1.29 is 0 Å². The molecule has 3 rings (SSSR count). The van der Waals surface area contributed by atoms with E-state index in [9.17, 15) is 0 Å². The van der Waals surface area contributed by atoms with Gasteiger partial charge in [0.25, 0.3) is 0 Å². The van der Waals surface area contributed by atoms with Crippen molar-refractivity contribution in [2.45, 2.75) is 58.7 Å². The summed E-state index contributed by atoms with van der Waals surface area (Å²) >= 11 is 0. The fourth-order valence-electron chi connectivity index (χ4n) is 3.48. The van der Waals surface area contributed by atoms with Gasteiger partial charge < -0.3 is 5.73 Å². The van der Waals surface area contributed by atoms with Crippen molar-refractivity contribution in [3.05, 3.63) is 29.3 Å². The molecule has 2 N–H and O–H groups in total. The minimum absolute atomic E-state index is 0.558. The van der Waals surface area contributed by atoms with Gasteiger partial charge in [0.05, 0.1) is 0 Å². The van der Waals surface area contributed by atoms with Crippen LogP contribution in [-0.4, -0.2) is 10.9 Å². The van der Waals surface area contributed by atoms with E-state index >= 15 is 0 Å². The third kappa shape index (κ3) is 2.14. The third-order valence-corrected chi connectivity index (χ3v) is 4.87. The molecule has 0 spiro atoms. The van der Waals surface area contributed by atoms with E-state index in [-0.39, 0.29) is 0 Å². The summed E-state index contributed by atoms with van der Waals surface area (Å²) < 4.78 is 0. The molecule has 0 bridgehead atoms. The average Bonchev–Trinajstić information content (AvgIpc) is 2.74. The summed E-state index contributed by atoms with van der Waals surface area (Å²) in [7, 11) is 0. The van der Waals surface area contributed by atoms with Gasteiger partial charge in [-0.2, -0.15) is 0 Å². The first kappa shape index (κ1) is 12.0. The molecule has 1 heterocycles. The zero-order chi connectivity index (χ0) is 12.8. The van der Waals surface area contributed by atoms with Crippen LogP contribution in [0.4, 0.5) is 5.69 Å². The van der Waals surface area contributed by atoms with Gasteiger partial charge >= 0.3 is 0 Å². The molecular weight excluding hydrogens is 220 g/mol. The first-order valence-corrected chi connectivity index (χ1v) is 7.15. The van der Waals surface area contributed by atoms with Gasteiger partial charge in [-0.05, 0) is 48.3 Å². The van der Waals surface area contributed by atoms with E-state index in [0.717, 1.165) is 24.8 Å². The van der Waals surface area contributed by atoms with Gasteiger partial charge in [-0.15, -0.1) is 0 Å². The van der Waals surface area contributed by atoms with Crippen molar-refractivity contribution >= 4 is 5.69 Å². The summed E-state index contributed by atoms with van der Waals surface area (Å²) in [4.78, 5) is 2.64. The monoisotopic (exact) mass is 244 g/mol. The molecule has 1 aliphatic carbocycles. The van der Waals surface area contributed by atoms with Crippen LogP contribution in [0.3, 0.4) is 0 Å². The molecule has 0 atom stereocenters. The number of rotatable bonds is 1. The smallest absolute Gasteiger partial charge is 0.0363 e. The molecule has 2 nitrogen and oxygen atoms in total. The molecule has 98 valence electrons. The van der Waals surface area contributed by atoms with Crippen LogP contribution in [-0.2, 0) is 13.1 Å². The normalized spacial score (nSPS) is 24.1. The SMILES string of the molecule is CC1(C)CCC(N2Cc3cccc(N)c3C2)CC1. The highest BCUT2D eigenvalue weighted by atomic mass is 15.2. The Bertz CT molecular complexity index is 440. The highest BCUT2D eigenvalue weighted by molar-refractivity contribution is 5.52. The lowest BCUT2D eigenvalue weighted by Gasteiger charge is -2.38. The molecular formula is C16H24N2. The topological polar surface area (TPSA) is 29.3 Å². The van der Waals surface area contributed by atoms with Crippen LogP contribution in [0.5, 0.6) is 0 Å². The summed E-state index contributed by atoms with van der Waals surface area (Å²) in [5.41, 5.74) is 10.4. The average molecular weight is 244 g/mol. The second-order valence-electron chi connectivity index (χ2n) is 6.79. The lowest BCUT2D eigenvalue weighted by Crippen LogP contribution is -2.36. The van der Waals surface area contributed by atoms with Gasteiger partial charge in [0.1, 0.15) is 0 Å². The molecule has 1 aromatic carbocycles. The van der Waals surface area contributed by atoms with Crippen molar-refractivity contribution in [3.63, 3.8) is 0 Å². The van der Waals surface area contributed by atoms with Gasteiger partial charge in [0, 0.05) is 24.8 Å². The third-order valence-electron chi connectivity index (χ3n) is 4.87. The fraction of sp³-hybridized carbons (Fsp3) is 0.625. The first-order valence-electron chi connectivity index (χ1n) is 7.15. The van der Waals surface area contributed by atoms with Crippen LogP contribution >= 0.6 is 0 Å². The standard InChI is InChI=1S/C16H24N2/c1-16(2)8-6-13(7-9-16)18-10-12-4-3-5-15(17)14(12)11-18/h3-5,13H,6-11,17H2,1-2H3. The fourth-order valence-corrected chi connectivity index (χ4v) is 3.48. The zero-order valence-corrected chi connectivity index (χ0v) is 11.6. The van der Waals surface area contributed by atoms with Crippen LogP contribution in [0, 0.1) is 5.41 Å². The number of hydrogen-bond acceptors (Lipinski definition) is 2. The molecule has 0 aromatic heterocycles. The summed E-state index contributed by atoms with van der Waals surface area (Å²) in [5.74, 6) is 0. The Hall–Kier alpha value is -1.02. The van der Waals surface area contributed by atoms with E-state index in [2.05, 4.69) is 30.9 Å². The van der Waals surface area contributed by atoms with Crippen molar-refractivity contribution in [3.8, 4) is 0 Å². The predicted molar refractivity (Wildman–Crippen MR) is 76.1 cm³/mol. The second kappa shape index (κ2) is 4.27. The first-order chi connectivity index (χ1) is 8.55. The van der Waals surface area contributed by atoms with Gasteiger partial charge in [-0.25, -0.2) is 0 Å². The Morgan fingerprint density at radius 1 is 1.17 bits per heavy atom. The number of hydrogen-bond donors (Lipinski definition) is 1. The quantitative estimate of drug-likeness (QED) is 0.765. The van der Waals surface area contributed by atoms with Crippen molar-refractivity contribution in [1.82, 2.24) is 4.90 Å². The molecule has 1 aliphatic heterocycles. The van der Waals surface area contributed by atoms with Gasteiger partial charge in [-0.3, -0.25) is 4.90 Å². The molecule has 0 amide bonds. The molecule has 0 radical (unpaired) electrons. The van der Waals surface area contributed by atoms with E-state index < -0.39 is 0 Å². The lowest BCUT2D eigenvalue weighted by atomic mass is 9.75. The van der Waals surface area contributed by atoms with Crippen LogP contribution in [0.25, 0.3) is 0 Å². The van der Waals surface area contributed by atoms with E-state index in [1.165, 1.54) is 36.8 Å². The highest BCUT2D eigenvalue weighted by Crippen LogP contribution is 2.39. The van der Waals surface area contributed by atoms with E-state index in [4.69, 9.17) is 5.73 Å². The molecule has 0 unspecified atom stereocenters. The van der Waals surface area contributed by atoms with Crippen molar-refractivity contribution in [1.29, 1.82) is 0 Å². The lowest BCUT2D eigenvalue weighted by molar-refractivity contribution is 0.106. The Morgan fingerprint density at radius 2 is 1.89 bits per heavy atom. The number of anilines is 1. The molecule has 0 saturated heterocycles. The number of benzene rings is 1. The maximum Gasteiger partial charge on any atom is 0.0363 e. The molecule has 18 heavy (non-hydrogen) atoms. The Balaban J connectivity index is 1.70. The van der Waals surface area contributed by atoms with E-state index in [1.807, 2.05) is 6.07 Å². The summed E-state index contributed by atoms with van der Waals surface area (Å²) in [6, 6.07) is 7.12. The van der Waals surface area contributed by atoms with Gasteiger partial charge in [0.15, 0.2) is 0 Å². The molecule has 2 aliphatic rings. The molecule has 1 saturated carbocycles. The molecule has 2 heteroatoms. The van der Waals surface area contributed by atoms with Gasteiger partial charge in [-0.1, -0.05) is 26.0 Å². The minimum Gasteiger partial charge on any atom is -0.398 e. The van der Waals surface area contributed by atoms with Crippen LogP contribution in [0.15, 0.2) is 18.2 Å². The van der Waals surface area contributed by atoms with E-state index in [1.54, 1.807) is 0 Å². The van der Waals surface area contributed by atoms with Crippen LogP contribution in [0.1, 0.15) is 50.7 Å². The largest absolute Gasteiger partial charge is 0.398 e. The summed E-state index contributed by atoms with van der Waals surface area (Å²) in [6.07, 6.45) is 5.42. The minimum atomic E-state index is 0.558. The Kier molecular flexibility index (Phi) is 2.86. The number of nitrogens with zero attached hydrogens (tertiary/aromatic N) is 1. The van der Waals surface area contributed by atoms with Crippen molar-refractivity contribution in [2.75, 3.05) is 5.73 Å². The second-order valence-corrected chi connectivity index (χ2v) is 6.79. The van der Waals surface area contributed by atoms with Gasteiger partial charge in [0.2, 0.25) is 0 Å². The van der Waals surface area contributed by atoms with Crippen molar-refractivity contribution in [2.24, 2.45) is 5.41 Å². The van der Waals surface area contributed by atoms with Crippen LogP contribution < -0.4 is 5.73 Å². The maximum absolute atomic E-state index is 6.08. The summed E-state index contributed by atoms with van der Waals surface area (Å²) in [5, 5.41) is 0. The molecule has 1 aromatic rings. The predicted octanol–water partition coefficient (Wildman–Crippen LogP) is 3.55. The number of nitrogen functional groups attached to an aromatic ring is 1. The number of fused-ring (bicyclic) bond motifs is 1. The Morgan fingerprint density at radius 3 is 2.56 bits per heavy atom. The summed E-state index contributed by atoms with van der Waals surface area (Å²) in [6.45, 7) is 6.97. The van der Waals surface area contributed by atoms with E-state index in [0.29, 0.717) is 5.41 Å². The zero-order valence-electron chi connectivity index (χ0n) is 11.6. The Labute approximate surface area is 110 Å². The maximum atomic E-state index is 6.08. The van der Waals surface area contributed by atoms with Crippen LogP contribution in [0.2, 0.25) is 0 Å². The molecule has 1 fully saturated rings. The number of nitrogens with two attached hydrogens (primary N) is 1.